The first-order chi connectivity index (χ1) is 10.5. The van der Waals surface area contributed by atoms with Crippen molar-refractivity contribution in [3.8, 4) is 0 Å². The van der Waals surface area contributed by atoms with Crippen LogP contribution < -0.4 is 10.6 Å². The van der Waals surface area contributed by atoms with Gasteiger partial charge in [-0.3, -0.25) is 4.68 Å². The summed E-state index contributed by atoms with van der Waals surface area (Å²) in [6, 6.07) is 8.34. The Hall–Kier alpha value is -2.05. The zero-order chi connectivity index (χ0) is 15.9. The van der Waals surface area contributed by atoms with E-state index >= 15 is 0 Å². The first-order valence-corrected chi connectivity index (χ1v) is 7.37. The second-order valence-corrected chi connectivity index (χ2v) is 5.49. The zero-order valence-electron chi connectivity index (χ0n) is 12.2. The van der Waals surface area contributed by atoms with Crippen molar-refractivity contribution in [3.05, 3.63) is 53.3 Å². The van der Waals surface area contributed by atoms with E-state index in [1.807, 2.05) is 19.2 Å². The average molecular weight is 323 g/mol. The Labute approximate surface area is 134 Å². The maximum absolute atomic E-state index is 11.8. The van der Waals surface area contributed by atoms with Gasteiger partial charge in [-0.05, 0) is 30.7 Å². The minimum atomic E-state index is -0.800. The molecule has 0 fully saturated rings. The van der Waals surface area contributed by atoms with Crippen molar-refractivity contribution in [3.63, 3.8) is 0 Å². The summed E-state index contributed by atoms with van der Waals surface area (Å²) in [5.41, 5.74) is 0.664. The molecular weight excluding hydrogens is 304 g/mol. The van der Waals surface area contributed by atoms with Crippen LogP contribution in [-0.4, -0.2) is 33.5 Å². The van der Waals surface area contributed by atoms with Gasteiger partial charge in [-0.2, -0.15) is 5.10 Å². The van der Waals surface area contributed by atoms with Crippen molar-refractivity contribution >= 4 is 17.6 Å². The summed E-state index contributed by atoms with van der Waals surface area (Å²) in [6.45, 7) is 2.58. The van der Waals surface area contributed by atoms with Gasteiger partial charge in [0.2, 0.25) is 0 Å². The number of benzene rings is 1. The number of urea groups is 1. The van der Waals surface area contributed by atoms with Gasteiger partial charge in [-0.25, -0.2) is 4.79 Å². The summed E-state index contributed by atoms with van der Waals surface area (Å²) in [7, 11) is 0. The average Bonchev–Trinajstić information content (AvgIpc) is 2.97. The third kappa shape index (κ3) is 5.05. The second-order valence-electron chi connectivity index (χ2n) is 5.05. The molecule has 0 aliphatic rings. The lowest BCUT2D eigenvalue weighted by Gasteiger charge is -2.16. The minimum absolute atomic E-state index is 0.0804. The largest absolute Gasteiger partial charge is 0.387 e. The first kappa shape index (κ1) is 16.3. The van der Waals surface area contributed by atoms with Gasteiger partial charge in [0.25, 0.3) is 0 Å². The molecule has 0 aliphatic carbocycles. The summed E-state index contributed by atoms with van der Waals surface area (Å²) >= 11 is 5.87. The molecular formula is C15H19ClN4O2. The lowest BCUT2D eigenvalue weighted by molar-refractivity contribution is 0.172. The number of nitrogens with zero attached hydrogens (tertiary/aromatic N) is 2. The molecule has 0 bridgehead atoms. The molecule has 0 saturated heterocycles. The summed E-state index contributed by atoms with van der Waals surface area (Å²) in [4.78, 5) is 11.8. The highest BCUT2D eigenvalue weighted by Crippen LogP contribution is 2.16. The van der Waals surface area contributed by atoms with Crippen LogP contribution in [-0.2, 0) is 6.54 Å². The molecule has 118 valence electrons. The molecule has 22 heavy (non-hydrogen) atoms. The number of carbonyl (C=O) groups excluding carboxylic acids is 1. The summed E-state index contributed by atoms with van der Waals surface area (Å²) in [5, 5.41) is 20.1. The molecule has 6 nitrogen and oxygen atoms in total. The van der Waals surface area contributed by atoms with E-state index in [0.717, 1.165) is 0 Å². The van der Waals surface area contributed by atoms with Crippen LogP contribution in [0.25, 0.3) is 0 Å². The highest BCUT2D eigenvalue weighted by molar-refractivity contribution is 6.30. The van der Waals surface area contributed by atoms with E-state index in [2.05, 4.69) is 15.7 Å². The maximum Gasteiger partial charge on any atom is 0.315 e. The molecule has 1 aromatic carbocycles. The molecule has 0 unspecified atom stereocenters. The van der Waals surface area contributed by atoms with E-state index in [-0.39, 0.29) is 18.6 Å². The van der Waals surface area contributed by atoms with Crippen molar-refractivity contribution in [1.82, 2.24) is 20.4 Å². The number of aliphatic hydroxyl groups is 1. The monoisotopic (exact) mass is 322 g/mol. The van der Waals surface area contributed by atoms with Crippen LogP contribution in [0.3, 0.4) is 0 Å². The van der Waals surface area contributed by atoms with Crippen molar-refractivity contribution in [2.75, 3.05) is 6.54 Å². The number of rotatable bonds is 6. The Balaban J connectivity index is 1.75. The lowest BCUT2D eigenvalue weighted by Crippen LogP contribution is -2.43. The number of aliphatic hydroxyl groups excluding tert-OH is 1. The van der Waals surface area contributed by atoms with E-state index in [9.17, 15) is 9.90 Å². The quantitative estimate of drug-likeness (QED) is 0.760. The zero-order valence-corrected chi connectivity index (χ0v) is 13.0. The van der Waals surface area contributed by atoms with Crippen LogP contribution in [0.4, 0.5) is 4.79 Å². The van der Waals surface area contributed by atoms with E-state index in [1.165, 1.54) is 0 Å². The van der Waals surface area contributed by atoms with Crippen molar-refractivity contribution < 1.29 is 9.90 Å². The predicted octanol–water partition coefficient (Wildman–Crippen LogP) is 1.96. The van der Waals surface area contributed by atoms with E-state index in [1.54, 1.807) is 35.1 Å². The third-order valence-electron chi connectivity index (χ3n) is 3.09. The number of nitrogens with one attached hydrogen (secondary N) is 2. The number of hydrogen-bond acceptors (Lipinski definition) is 3. The normalized spacial score (nSPS) is 13.4. The Morgan fingerprint density at radius 3 is 2.95 bits per heavy atom. The molecule has 2 rings (SSSR count). The molecule has 3 N–H and O–H groups in total. The van der Waals surface area contributed by atoms with Crippen LogP contribution in [0.2, 0.25) is 5.02 Å². The number of aromatic nitrogens is 2. The molecule has 0 spiro atoms. The fourth-order valence-electron chi connectivity index (χ4n) is 2.03. The van der Waals surface area contributed by atoms with Crippen molar-refractivity contribution in [2.24, 2.45) is 0 Å². The van der Waals surface area contributed by atoms with Crippen molar-refractivity contribution in [1.29, 1.82) is 0 Å². The Morgan fingerprint density at radius 1 is 1.45 bits per heavy atom. The number of halogens is 1. The van der Waals surface area contributed by atoms with Crippen molar-refractivity contribution in [2.45, 2.75) is 25.6 Å². The molecule has 7 heteroatoms. The molecule has 2 amide bonds. The van der Waals surface area contributed by atoms with Crippen LogP contribution in [0.5, 0.6) is 0 Å². The SMILES string of the molecule is C[C@@H](Cn1cccn1)NC(=O)NC[C@@H](O)c1cccc(Cl)c1. The third-order valence-corrected chi connectivity index (χ3v) is 3.32. The highest BCUT2D eigenvalue weighted by Gasteiger charge is 2.12. The molecule has 2 atom stereocenters. The Bertz CT molecular complexity index is 603. The predicted molar refractivity (Wildman–Crippen MR) is 84.6 cm³/mol. The van der Waals surface area contributed by atoms with Gasteiger partial charge in [-0.15, -0.1) is 0 Å². The number of carbonyl (C=O) groups is 1. The Kier molecular flexibility index (Phi) is 5.80. The van der Waals surface area contributed by atoms with E-state index in [4.69, 9.17) is 11.6 Å². The van der Waals surface area contributed by atoms with Gasteiger partial charge in [0.05, 0.1) is 12.6 Å². The molecule has 0 saturated carbocycles. The second kappa shape index (κ2) is 7.82. The maximum atomic E-state index is 11.8. The van der Waals surface area contributed by atoms with E-state index in [0.29, 0.717) is 17.1 Å². The van der Waals surface area contributed by atoms with Crippen LogP contribution >= 0.6 is 11.6 Å². The number of amides is 2. The Morgan fingerprint density at radius 2 is 2.27 bits per heavy atom. The molecule has 1 aromatic heterocycles. The van der Waals surface area contributed by atoms with Crippen LogP contribution in [0, 0.1) is 0 Å². The van der Waals surface area contributed by atoms with Gasteiger partial charge in [-0.1, -0.05) is 23.7 Å². The highest BCUT2D eigenvalue weighted by atomic mass is 35.5. The summed E-state index contributed by atoms with van der Waals surface area (Å²) in [6.07, 6.45) is 2.72. The van der Waals surface area contributed by atoms with Gasteiger partial charge in [0.15, 0.2) is 0 Å². The van der Waals surface area contributed by atoms with Gasteiger partial charge < -0.3 is 15.7 Å². The van der Waals surface area contributed by atoms with Crippen LogP contribution in [0.1, 0.15) is 18.6 Å². The molecule has 0 aliphatic heterocycles. The number of hydrogen-bond donors (Lipinski definition) is 3. The lowest BCUT2D eigenvalue weighted by atomic mass is 10.1. The molecule has 1 heterocycles. The van der Waals surface area contributed by atoms with Gasteiger partial charge in [0, 0.05) is 30.0 Å². The smallest absolute Gasteiger partial charge is 0.315 e. The summed E-state index contributed by atoms with van der Waals surface area (Å²) in [5.74, 6) is 0. The summed E-state index contributed by atoms with van der Waals surface area (Å²) < 4.78 is 1.74. The fraction of sp³-hybridized carbons (Fsp3) is 0.333. The topological polar surface area (TPSA) is 79.2 Å². The van der Waals surface area contributed by atoms with Crippen LogP contribution in [0.15, 0.2) is 42.7 Å². The molecule has 0 radical (unpaired) electrons. The van der Waals surface area contributed by atoms with E-state index < -0.39 is 6.10 Å². The molecule has 2 aromatic rings. The van der Waals surface area contributed by atoms with Gasteiger partial charge >= 0.3 is 6.03 Å². The minimum Gasteiger partial charge on any atom is -0.387 e. The fourth-order valence-corrected chi connectivity index (χ4v) is 2.23. The van der Waals surface area contributed by atoms with Gasteiger partial charge in [0.1, 0.15) is 0 Å². The standard InChI is InChI=1S/C15H19ClN4O2/c1-11(10-20-7-3-6-18-20)19-15(22)17-9-14(21)12-4-2-5-13(16)8-12/h2-8,11,14,21H,9-10H2,1H3,(H2,17,19,22)/t11-,14+/m0/s1. The first-order valence-electron chi connectivity index (χ1n) is 7.00.